The van der Waals surface area contributed by atoms with Gasteiger partial charge >= 0.3 is 0 Å². The Hall–Kier alpha value is -5.09. The van der Waals surface area contributed by atoms with Crippen molar-refractivity contribution in [3.05, 3.63) is 127 Å². The smallest absolute Gasteiger partial charge is 0.138 e. The Kier molecular flexibility index (Phi) is 9.15. The van der Waals surface area contributed by atoms with Crippen molar-refractivity contribution in [1.29, 1.82) is 0 Å². The summed E-state index contributed by atoms with van der Waals surface area (Å²) in [6.45, 7) is 4.25. The van der Waals surface area contributed by atoms with Crippen molar-refractivity contribution in [2.24, 2.45) is 0 Å². The molecule has 6 rings (SSSR count). The van der Waals surface area contributed by atoms with Gasteiger partial charge in [0.25, 0.3) is 0 Å². The van der Waals surface area contributed by atoms with Gasteiger partial charge in [-0.2, -0.15) is 0 Å². The van der Waals surface area contributed by atoms with E-state index in [9.17, 15) is 0 Å². The van der Waals surface area contributed by atoms with Gasteiger partial charge in [0.1, 0.15) is 17.3 Å². The quantitative estimate of drug-likeness (QED) is 0.214. The molecule has 0 saturated heterocycles. The van der Waals surface area contributed by atoms with Crippen LogP contribution < -0.4 is 9.47 Å². The zero-order valence-electron chi connectivity index (χ0n) is 24.6. The fraction of sp³-hybridized carbons (Fsp3) is 0.132. The Labute approximate surface area is 248 Å². The lowest BCUT2D eigenvalue weighted by Crippen LogP contribution is -1.86. The number of benzene rings is 5. The van der Waals surface area contributed by atoms with E-state index in [4.69, 9.17) is 14.5 Å². The van der Waals surface area contributed by atoms with Crippen LogP contribution in [0.15, 0.2) is 127 Å². The summed E-state index contributed by atoms with van der Waals surface area (Å²) in [6, 6.07) is 43.6. The Morgan fingerprint density at radius 1 is 0.476 bits per heavy atom. The normalized spacial score (nSPS) is 10.5. The molecular formula is C38H36N2O2. The van der Waals surface area contributed by atoms with Gasteiger partial charge in [0, 0.05) is 16.7 Å². The molecule has 1 aromatic heterocycles. The fourth-order valence-electron chi connectivity index (χ4n) is 4.74. The number of H-pyrrole nitrogens is 1. The lowest BCUT2D eigenvalue weighted by atomic mass is 9.99. The Bertz CT molecular complexity index is 1580. The van der Waals surface area contributed by atoms with Gasteiger partial charge in [-0.05, 0) is 46.5 Å². The van der Waals surface area contributed by atoms with E-state index in [1.165, 1.54) is 6.42 Å². The molecule has 0 saturated carbocycles. The van der Waals surface area contributed by atoms with Crippen molar-refractivity contribution in [2.45, 2.75) is 20.3 Å². The molecule has 0 atom stereocenters. The van der Waals surface area contributed by atoms with E-state index in [-0.39, 0.29) is 0 Å². The zero-order chi connectivity index (χ0) is 29.3. The van der Waals surface area contributed by atoms with Gasteiger partial charge in [-0.1, -0.05) is 123 Å². The number of aromatic nitrogens is 2. The van der Waals surface area contributed by atoms with Crippen LogP contribution in [0, 0.1) is 0 Å². The van der Waals surface area contributed by atoms with Crippen LogP contribution in [0.2, 0.25) is 0 Å². The maximum atomic E-state index is 5.30. The molecule has 42 heavy (non-hydrogen) atoms. The highest BCUT2D eigenvalue weighted by Gasteiger charge is 2.16. The molecule has 210 valence electrons. The fourth-order valence-corrected chi connectivity index (χ4v) is 4.74. The van der Waals surface area contributed by atoms with Crippen molar-refractivity contribution in [1.82, 2.24) is 9.97 Å². The number of hydrogen-bond acceptors (Lipinski definition) is 3. The van der Waals surface area contributed by atoms with Crippen LogP contribution in [0.1, 0.15) is 20.3 Å². The minimum absolute atomic E-state index is 0.846. The zero-order valence-corrected chi connectivity index (χ0v) is 24.6. The van der Waals surface area contributed by atoms with Crippen molar-refractivity contribution in [3.8, 4) is 67.7 Å². The minimum Gasteiger partial charge on any atom is -0.497 e. The van der Waals surface area contributed by atoms with E-state index >= 15 is 0 Å². The Morgan fingerprint density at radius 2 is 0.857 bits per heavy atom. The number of imidazole rings is 1. The maximum absolute atomic E-state index is 5.30. The number of nitrogens with one attached hydrogen (secondary N) is 1. The first-order chi connectivity index (χ1) is 20.6. The molecule has 0 aliphatic heterocycles. The standard InChI is InChI=1S/C35H28N2O2.C3H8/c1-38-31-20-16-26(17-21-31)24-8-12-28(13-9-24)33-34(37-35(36-33)30-6-4-3-5-7-30)29-14-10-25(11-15-29)27-18-22-32(39-2)23-19-27;1-3-2/h3-23H,1-2H3,(H,36,37);3H2,1-2H3. The predicted octanol–water partition coefficient (Wildman–Crippen LogP) is 10.2. The van der Waals surface area contributed by atoms with Crippen LogP contribution in [-0.2, 0) is 0 Å². The highest BCUT2D eigenvalue weighted by molar-refractivity contribution is 5.83. The first kappa shape index (κ1) is 28.4. The van der Waals surface area contributed by atoms with Crippen molar-refractivity contribution in [2.75, 3.05) is 14.2 Å². The molecule has 0 radical (unpaired) electrons. The largest absolute Gasteiger partial charge is 0.497 e. The second-order valence-corrected chi connectivity index (χ2v) is 9.99. The molecule has 0 amide bonds. The molecule has 4 nitrogen and oxygen atoms in total. The Morgan fingerprint density at radius 3 is 1.29 bits per heavy atom. The number of aromatic amines is 1. The summed E-state index contributed by atoms with van der Waals surface area (Å²) in [4.78, 5) is 8.67. The lowest BCUT2D eigenvalue weighted by Gasteiger charge is -2.08. The predicted molar refractivity (Wildman–Crippen MR) is 175 cm³/mol. The number of rotatable bonds is 7. The molecule has 0 bridgehead atoms. The average molecular weight is 553 g/mol. The second kappa shape index (κ2) is 13.5. The highest BCUT2D eigenvalue weighted by Crippen LogP contribution is 2.35. The number of hydrogen-bond donors (Lipinski definition) is 1. The van der Waals surface area contributed by atoms with Crippen LogP contribution in [0.4, 0.5) is 0 Å². The number of ether oxygens (including phenoxy) is 2. The van der Waals surface area contributed by atoms with Gasteiger partial charge in [0.05, 0.1) is 25.6 Å². The summed E-state index contributed by atoms with van der Waals surface area (Å²) in [5, 5.41) is 0. The third kappa shape index (κ3) is 6.45. The monoisotopic (exact) mass is 552 g/mol. The summed E-state index contributed by atoms with van der Waals surface area (Å²) in [5.74, 6) is 2.55. The van der Waals surface area contributed by atoms with Crippen molar-refractivity contribution >= 4 is 0 Å². The van der Waals surface area contributed by atoms with Crippen LogP contribution in [0.5, 0.6) is 11.5 Å². The molecule has 1 heterocycles. The van der Waals surface area contributed by atoms with E-state index < -0.39 is 0 Å². The van der Waals surface area contributed by atoms with Gasteiger partial charge in [-0.15, -0.1) is 0 Å². The molecule has 0 unspecified atom stereocenters. The van der Waals surface area contributed by atoms with Gasteiger partial charge in [-0.25, -0.2) is 4.98 Å². The van der Waals surface area contributed by atoms with E-state index in [1.807, 2.05) is 42.5 Å². The molecular weight excluding hydrogens is 516 g/mol. The third-order valence-electron chi connectivity index (χ3n) is 6.93. The molecule has 4 heteroatoms. The Balaban J connectivity index is 0.00000113. The SMILES string of the molecule is CCC.COc1ccc(-c2ccc(-c3nc(-c4ccccc4)[nH]c3-c3ccc(-c4ccc(OC)cc4)cc3)cc2)cc1. The van der Waals surface area contributed by atoms with E-state index in [2.05, 4.69) is 104 Å². The third-order valence-corrected chi connectivity index (χ3v) is 6.93. The minimum atomic E-state index is 0.846. The molecule has 0 aliphatic rings. The summed E-state index contributed by atoms with van der Waals surface area (Å²) in [5.41, 5.74) is 9.68. The molecule has 1 N–H and O–H groups in total. The maximum Gasteiger partial charge on any atom is 0.138 e. The number of methoxy groups -OCH3 is 2. The summed E-state index contributed by atoms with van der Waals surface area (Å²) in [6.07, 6.45) is 1.25. The van der Waals surface area contributed by atoms with Crippen LogP contribution >= 0.6 is 0 Å². The van der Waals surface area contributed by atoms with Crippen LogP contribution in [0.3, 0.4) is 0 Å². The van der Waals surface area contributed by atoms with Gasteiger partial charge in [-0.3, -0.25) is 0 Å². The second-order valence-electron chi connectivity index (χ2n) is 9.99. The molecule has 5 aromatic carbocycles. The van der Waals surface area contributed by atoms with Crippen molar-refractivity contribution in [3.63, 3.8) is 0 Å². The topological polar surface area (TPSA) is 47.1 Å². The van der Waals surface area contributed by atoms with Crippen LogP contribution in [-0.4, -0.2) is 24.2 Å². The van der Waals surface area contributed by atoms with E-state index in [0.29, 0.717) is 0 Å². The van der Waals surface area contributed by atoms with E-state index in [1.54, 1.807) is 14.2 Å². The average Bonchev–Trinajstić information content (AvgIpc) is 3.51. The molecule has 6 aromatic rings. The summed E-state index contributed by atoms with van der Waals surface area (Å²) < 4.78 is 10.6. The molecule has 0 spiro atoms. The number of nitrogens with zero attached hydrogens (tertiary/aromatic N) is 1. The van der Waals surface area contributed by atoms with Gasteiger partial charge in [0.2, 0.25) is 0 Å². The van der Waals surface area contributed by atoms with Gasteiger partial charge in [0.15, 0.2) is 0 Å². The van der Waals surface area contributed by atoms with Crippen molar-refractivity contribution < 1.29 is 9.47 Å². The summed E-state index contributed by atoms with van der Waals surface area (Å²) >= 11 is 0. The molecule has 0 fully saturated rings. The highest BCUT2D eigenvalue weighted by atomic mass is 16.5. The first-order valence-corrected chi connectivity index (χ1v) is 14.3. The summed E-state index contributed by atoms with van der Waals surface area (Å²) in [7, 11) is 3.36. The first-order valence-electron chi connectivity index (χ1n) is 14.3. The lowest BCUT2D eigenvalue weighted by molar-refractivity contribution is 0.415. The molecule has 0 aliphatic carbocycles. The van der Waals surface area contributed by atoms with Gasteiger partial charge < -0.3 is 14.5 Å². The van der Waals surface area contributed by atoms with E-state index in [0.717, 1.165) is 67.7 Å². The van der Waals surface area contributed by atoms with Crippen LogP contribution in [0.25, 0.3) is 56.2 Å².